The Kier molecular flexibility index (Phi) is 7.90. The lowest BCUT2D eigenvalue weighted by Gasteiger charge is -2.10. The third kappa shape index (κ3) is 6.12. The smallest absolute Gasteiger partial charge is 0.338 e. The molecule has 0 saturated carbocycles. The monoisotopic (exact) mass is 506 g/mol. The standard InChI is InChI=1S/C27H23ClN2O4S/c1-3-33-26(32)19-10-14-22(15-11-19)29-27-30(2)25(31)24(35-27)16-20-6-4-5-7-23(20)34-17-18-8-12-21(28)13-9-18/h4-16H,3,17H2,1-2H3. The maximum absolute atomic E-state index is 12.9. The van der Waals surface area contributed by atoms with Gasteiger partial charge in [-0.15, -0.1) is 0 Å². The highest BCUT2D eigenvalue weighted by Gasteiger charge is 2.30. The van der Waals surface area contributed by atoms with E-state index in [-0.39, 0.29) is 11.9 Å². The molecule has 0 bridgehead atoms. The molecule has 0 aliphatic carbocycles. The number of nitrogens with zero attached hydrogens (tertiary/aromatic N) is 2. The van der Waals surface area contributed by atoms with Gasteiger partial charge in [-0.2, -0.15) is 0 Å². The molecular weight excluding hydrogens is 484 g/mol. The van der Waals surface area contributed by atoms with Crippen molar-refractivity contribution in [2.45, 2.75) is 13.5 Å². The van der Waals surface area contributed by atoms with E-state index >= 15 is 0 Å². The zero-order chi connectivity index (χ0) is 24.8. The summed E-state index contributed by atoms with van der Waals surface area (Å²) in [6.45, 7) is 2.46. The Balaban J connectivity index is 1.51. The van der Waals surface area contributed by atoms with Gasteiger partial charge in [0.2, 0.25) is 0 Å². The lowest BCUT2D eigenvalue weighted by molar-refractivity contribution is -0.121. The summed E-state index contributed by atoms with van der Waals surface area (Å²) in [5.74, 6) is 0.145. The minimum absolute atomic E-state index is 0.149. The SMILES string of the molecule is CCOC(=O)c1ccc(N=C2SC(=Cc3ccccc3OCc3ccc(Cl)cc3)C(=O)N2C)cc1. The predicted octanol–water partition coefficient (Wildman–Crippen LogP) is 6.33. The molecule has 1 aliphatic heterocycles. The first-order valence-corrected chi connectivity index (χ1v) is 12.1. The molecule has 0 aromatic heterocycles. The predicted molar refractivity (Wildman–Crippen MR) is 140 cm³/mol. The quantitative estimate of drug-likeness (QED) is 0.276. The van der Waals surface area contributed by atoms with Crippen LogP contribution in [0.4, 0.5) is 5.69 Å². The summed E-state index contributed by atoms with van der Waals surface area (Å²) >= 11 is 7.24. The first-order chi connectivity index (χ1) is 16.9. The molecule has 4 rings (SSSR count). The van der Waals surface area contributed by atoms with Crippen LogP contribution in [0.5, 0.6) is 5.75 Å². The molecule has 0 unspecified atom stereocenters. The molecule has 1 saturated heterocycles. The number of halogens is 1. The number of rotatable bonds is 7. The summed E-state index contributed by atoms with van der Waals surface area (Å²) in [5, 5.41) is 1.22. The zero-order valence-corrected chi connectivity index (χ0v) is 20.8. The minimum Gasteiger partial charge on any atom is -0.488 e. The molecule has 0 spiro atoms. The van der Waals surface area contributed by atoms with Gasteiger partial charge in [0, 0.05) is 17.6 Å². The Morgan fingerprint density at radius 2 is 1.77 bits per heavy atom. The third-order valence-electron chi connectivity index (χ3n) is 5.12. The number of thioether (sulfide) groups is 1. The fraction of sp³-hybridized carbons (Fsp3) is 0.148. The summed E-state index contributed by atoms with van der Waals surface area (Å²) in [7, 11) is 1.69. The molecule has 0 N–H and O–H groups in total. The van der Waals surface area contributed by atoms with Crippen molar-refractivity contribution in [1.82, 2.24) is 4.90 Å². The number of para-hydroxylation sites is 1. The zero-order valence-electron chi connectivity index (χ0n) is 19.2. The summed E-state index contributed by atoms with van der Waals surface area (Å²) in [5.41, 5.74) is 2.88. The second kappa shape index (κ2) is 11.3. The van der Waals surface area contributed by atoms with Crippen molar-refractivity contribution >= 4 is 52.2 Å². The van der Waals surface area contributed by atoms with E-state index in [4.69, 9.17) is 21.1 Å². The van der Waals surface area contributed by atoms with Gasteiger partial charge >= 0.3 is 5.97 Å². The largest absolute Gasteiger partial charge is 0.488 e. The maximum atomic E-state index is 12.9. The molecule has 3 aromatic carbocycles. The third-order valence-corrected chi connectivity index (χ3v) is 6.43. The number of aliphatic imine (C=N–C) groups is 1. The van der Waals surface area contributed by atoms with Crippen LogP contribution in [0.2, 0.25) is 5.02 Å². The number of amidine groups is 1. The molecule has 0 radical (unpaired) electrons. The highest BCUT2D eigenvalue weighted by molar-refractivity contribution is 8.18. The van der Waals surface area contributed by atoms with E-state index < -0.39 is 0 Å². The van der Waals surface area contributed by atoms with Crippen molar-refractivity contribution in [3.05, 3.63) is 99.4 Å². The van der Waals surface area contributed by atoms with Crippen molar-refractivity contribution in [1.29, 1.82) is 0 Å². The number of likely N-dealkylation sites (N-methyl/N-ethyl adjacent to an activating group) is 1. The number of benzene rings is 3. The summed E-state index contributed by atoms with van der Waals surface area (Å²) in [4.78, 5) is 31.4. The van der Waals surface area contributed by atoms with E-state index in [9.17, 15) is 9.59 Å². The highest BCUT2D eigenvalue weighted by Crippen LogP contribution is 2.35. The van der Waals surface area contributed by atoms with Crippen LogP contribution in [0.15, 0.2) is 82.7 Å². The summed E-state index contributed by atoms with van der Waals surface area (Å²) < 4.78 is 11.0. The Hall–Kier alpha value is -3.55. The normalized spacial score (nSPS) is 15.6. The molecule has 6 nitrogen and oxygen atoms in total. The van der Waals surface area contributed by atoms with Crippen LogP contribution in [0.25, 0.3) is 6.08 Å². The second-order valence-corrected chi connectivity index (χ2v) is 9.04. The maximum Gasteiger partial charge on any atom is 0.338 e. The van der Waals surface area contributed by atoms with Gasteiger partial charge in [-0.05, 0) is 72.8 Å². The molecule has 3 aromatic rings. The average Bonchev–Trinajstić information content (AvgIpc) is 3.12. The molecular formula is C27H23ClN2O4S. The van der Waals surface area contributed by atoms with E-state index in [1.165, 1.54) is 16.7 Å². The van der Waals surface area contributed by atoms with Crippen molar-refractivity contribution in [2.75, 3.05) is 13.7 Å². The first-order valence-electron chi connectivity index (χ1n) is 10.9. The molecule has 1 aliphatic rings. The second-order valence-electron chi connectivity index (χ2n) is 7.59. The van der Waals surface area contributed by atoms with Gasteiger partial charge in [0.1, 0.15) is 12.4 Å². The Morgan fingerprint density at radius 3 is 2.49 bits per heavy atom. The summed E-state index contributed by atoms with van der Waals surface area (Å²) in [6, 6.07) is 21.8. The Labute approximate surface area is 213 Å². The molecule has 1 heterocycles. The van der Waals surface area contributed by atoms with Crippen LogP contribution in [0.1, 0.15) is 28.4 Å². The number of esters is 1. The van der Waals surface area contributed by atoms with E-state index in [0.717, 1.165) is 11.1 Å². The van der Waals surface area contributed by atoms with Crippen molar-refractivity contribution in [3.8, 4) is 5.75 Å². The van der Waals surface area contributed by atoms with Crippen LogP contribution < -0.4 is 4.74 Å². The summed E-state index contributed by atoms with van der Waals surface area (Å²) in [6.07, 6.45) is 1.81. The average molecular weight is 507 g/mol. The van der Waals surface area contributed by atoms with Crippen molar-refractivity contribution in [3.63, 3.8) is 0 Å². The van der Waals surface area contributed by atoms with Gasteiger partial charge in [-0.1, -0.05) is 41.9 Å². The number of amides is 1. The van der Waals surface area contributed by atoms with Gasteiger partial charge in [0.15, 0.2) is 5.17 Å². The van der Waals surface area contributed by atoms with E-state index in [0.29, 0.717) is 45.3 Å². The molecule has 1 amide bonds. The van der Waals surface area contributed by atoms with Gasteiger partial charge in [0.05, 0.1) is 22.8 Å². The number of hydrogen-bond acceptors (Lipinski definition) is 6. The van der Waals surface area contributed by atoms with Crippen LogP contribution in [-0.4, -0.2) is 35.6 Å². The van der Waals surface area contributed by atoms with Crippen molar-refractivity contribution < 1.29 is 19.1 Å². The number of carbonyl (C=O) groups excluding carboxylic acids is 2. The number of ether oxygens (including phenoxy) is 2. The van der Waals surface area contributed by atoms with Gasteiger partial charge in [0.25, 0.3) is 5.91 Å². The van der Waals surface area contributed by atoms with Crippen LogP contribution in [-0.2, 0) is 16.1 Å². The van der Waals surface area contributed by atoms with Gasteiger partial charge in [-0.3, -0.25) is 9.69 Å². The lowest BCUT2D eigenvalue weighted by Crippen LogP contribution is -2.23. The molecule has 8 heteroatoms. The topological polar surface area (TPSA) is 68.2 Å². The van der Waals surface area contributed by atoms with E-state index in [1.807, 2.05) is 54.6 Å². The fourth-order valence-electron chi connectivity index (χ4n) is 3.26. The number of carbonyl (C=O) groups is 2. The highest BCUT2D eigenvalue weighted by atomic mass is 35.5. The van der Waals surface area contributed by atoms with Crippen molar-refractivity contribution in [2.24, 2.45) is 4.99 Å². The molecule has 1 fully saturated rings. The molecule has 0 atom stereocenters. The Morgan fingerprint density at radius 1 is 1.06 bits per heavy atom. The van der Waals surface area contributed by atoms with Gasteiger partial charge < -0.3 is 9.47 Å². The Bertz CT molecular complexity index is 1290. The van der Waals surface area contributed by atoms with E-state index in [2.05, 4.69) is 4.99 Å². The minimum atomic E-state index is -0.378. The molecule has 178 valence electrons. The van der Waals surface area contributed by atoms with Gasteiger partial charge in [-0.25, -0.2) is 9.79 Å². The van der Waals surface area contributed by atoms with Crippen LogP contribution in [0.3, 0.4) is 0 Å². The lowest BCUT2D eigenvalue weighted by atomic mass is 10.2. The van der Waals surface area contributed by atoms with E-state index in [1.54, 1.807) is 38.2 Å². The van der Waals surface area contributed by atoms with Crippen LogP contribution >= 0.6 is 23.4 Å². The number of hydrogen-bond donors (Lipinski definition) is 0. The first kappa shape index (κ1) is 24.6. The van der Waals surface area contributed by atoms with Crippen LogP contribution in [0, 0.1) is 0 Å². The molecule has 35 heavy (non-hydrogen) atoms. The fourth-order valence-corrected chi connectivity index (χ4v) is 4.37.